The van der Waals surface area contributed by atoms with Gasteiger partial charge in [-0.2, -0.15) is 0 Å². The third-order valence-electron chi connectivity index (χ3n) is 4.19. The van der Waals surface area contributed by atoms with Crippen molar-refractivity contribution in [1.29, 1.82) is 0 Å². The zero-order chi connectivity index (χ0) is 17.6. The molecule has 0 fully saturated rings. The van der Waals surface area contributed by atoms with Gasteiger partial charge in [0.25, 0.3) is 0 Å². The molecule has 0 unspecified atom stereocenters. The second kappa shape index (κ2) is 5.45. The van der Waals surface area contributed by atoms with Crippen molar-refractivity contribution >= 4 is 33.7 Å². The molecular weight excluding hydrogens is 318 g/mol. The number of aromatic nitrogens is 2. The number of pyridine rings is 1. The Kier molecular flexibility index (Phi) is 3.25. The van der Waals surface area contributed by atoms with Gasteiger partial charge in [0.15, 0.2) is 0 Å². The van der Waals surface area contributed by atoms with Gasteiger partial charge in [0.05, 0.1) is 22.2 Å². The van der Waals surface area contributed by atoms with Gasteiger partial charge in [-0.05, 0) is 30.3 Å². The van der Waals surface area contributed by atoms with Gasteiger partial charge in [-0.1, -0.05) is 24.3 Å². The van der Waals surface area contributed by atoms with Gasteiger partial charge in [-0.3, -0.25) is 9.36 Å². The maximum absolute atomic E-state index is 11.6. The Hall–Kier alpha value is -3.67. The number of para-hydroxylation sites is 1. The standard InChI is InChI=1S/C19H13N3O3/c20-18(23)11-8-9-16(21-10-11)22-14-6-2-1-4-12(14)17-13(19(24)25)5-3-7-15(17)22/h1-10H,(H2,20,23)(H,24,25). The van der Waals surface area contributed by atoms with Gasteiger partial charge < -0.3 is 10.8 Å². The molecule has 0 atom stereocenters. The summed E-state index contributed by atoms with van der Waals surface area (Å²) in [5, 5.41) is 11.0. The van der Waals surface area contributed by atoms with Gasteiger partial charge in [0.1, 0.15) is 5.82 Å². The third-order valence-corrected chi connectivity index (χ3v) is 4.19. The lowest BCUT2D eigenvalue weighted by Gasteiger charge is -2.07. The van der Waals surface area contributed by atoms with Crippen LogP contribution in [0, 0.1) is 0 Å². The lowest BCUT2D eigenvalue weighted by Crippen LogP contribution is -2.11. The van der Waals surface area contributed by atoms with E-state index in [4.69, 9.17) is 5.73 Å². The molecule has 0 bridgehead atoms. The first-order valence-electron chi connectivity index (χ1n) is 7.59. The lowest BCUT2D eigenvalue weighted by atomic mass is 10.1. The number of carboxylic acids is 1. The Morgan fingerprint density at radius 3 is 2.40 bits per heavy atom. The Morgan fingerprint density at radius 1 is 0.960 bits per heavy atom. The molecule has 2 aromatic heterocycles. The van der Waals surface area contributed by atoms with Crippen molar-refractivity contribution in [2.45, 2.75) is 0 Å². The van der Waals surface area contributed by atoms with Crippen molar-refractivity contribution in [3.63, 3.8) is 0 Å². The second-order valence-electron chi connectivity index (χ2n) is 5.63. The Morgan fingerprint density at radius 2 is 1.72 bits per heavy atom. The predicted octanol–water partition coefficient (Wildman–Crippen LogP) is 2.98. The number of benzene rings is 2. The molecule has 0 aliphatic heterocycles. The highest BCUT2D eigenvalue weighted by atomic mass is 16.4. The van der Waals surface area contributed by atoms with E-state index in [1.54, 1.807) is 24.3 Å². The van der Waals surface area contributed by atoms with E-state index < -0.39 is 11.9 Å². The van der Waals surface area contributed by atoms with Gasteiger partial charge in [-0.15, -0.1) is 0 Å². The molecule has 6 nitrogen and oxygen atoms in total. The fourth-order valence-corrected chi connectivity index (χ4v) is 3.11. The van der Waals surface area contributed by atoms with Crippen LogP contribution in [0.5, 0.6) is 0 Å². The maximum atomic E-state index is 11.6. The largest absolute Gasteiger partial charge is 0.478 e. The first-order chi connectivity index (χ1) is 12.1. The molecule has 3 N–H and O–H groups in total. The van der Waals surface area contributed by atoms with Gasteiger partial charge in [0.2, 0.25) is 5.91 Å². The number of carbonyl (C=O) groups excluding carboxylic acids is 1. The summed E-state index contributed by atoms with van der Waals surface area (Å²) in [5.74, 6) is -0.946. The molecule has 1 amide bonds. The Bertz CT molecular complexity index is 1140. The summed E-state index contributed by atoms with van der Waals surface area (Å²) in [6.45, 7) is 0. The number of fused-ring (bicyclic) bond motifs is 3. The van der Waals surface area contributed by atoms with Crippen LogP contribution in [-0.4, -0.2) is 26.5 Å². The van der Waals surface area contributed by atoms with E-state index in [0.29, 0.717) is 16.8 Å². The predicted molar refractivity (Wildman–Crippen MR) is 94.1 cm³/mol. The highest BCUT2D eigenvalue weighted by Crippen LogP contribution is 2.33. The monoisotopic (exact) mass is 331 g/mol. The van der Waals surface area contributed by atoms with Crippen LogP contribution in [-0.2, 0) is 0 Å². The molecule has 4 rings (SSSR count). The highest BCUT2D eigenvalue weighted by molar-refractivity contribution is 6.17. The zero-order valence-electron chi connectivity index (χ0n) is 13.0. The zero-order valence-corrected chi connectivity index (χ0v) is 13.0. The fourth-order valence-electron chi connectivity index (χ4n) is 3.11. The second-order valence-corrected chi connectivity index (χ2v) is 5.63. The van der Waals surface area contributed by atoms with E-state index in [0.717, 1.165) is 16.4 Å². The Balaban J connectivity index is 2.10. The summed E-state index contributed by atoms with van der Waals surface area (Å²) in [6, 6.07) is 16.0. The molecule has 0 aliphatic carbocycles. The summed E-state index contributed by atoms with van der Waals surface area (Å²) < 4.78 is 1.88. The van der Waals surface area contributed by atoms with Gasteiger partial charge in [-0.25, -0.2) is 9.78 Å². The number of nitrogens with two attached hydrogens (primary N) is 1. The Labute approximate surface area is 142 Å². The molecule has 0 spiro atoms. The number of amides is 1. The number of primary amides is 1. The minimum absolute atomic E-state index is 0.237. The van der Waals surface area contributed by atoms with Crippen LogP contribution in [0.1, 0.15) is 20.7 Å². The van der Waals surface area contributed by atoms with Crippen molar-refractivity contribution in [2.24, 2.45) is 5.73 Å². The number of aromatic carboxylic acids is 1. The smallest absolute Gasteiger partial charge is 0.336 e. The number of nitrogens with zero attached hydrogens (tertiary/aromatic N) is 2. The number of hydrogen-bond donors (Lipinski definition) is 2. The molecule has 4 aromatic rings. The van der Waals surface area contributed by atoms with Gasteiger partial charge >= 0.3 is 5.97 Å². The topological polar surface area (TPSA) is 98.2 Å². The lowest BCUT2D eigenvalue weighted by molar-refractivity contribution is 0.0699. The first-order valence-corrected chi connectivity index (χ1v) is 7.59. The molecular formula is C19H13N3O3. The SMILES string of the molecule is NC(=O)c1ccc(-n2c3ccccc3c3c(C(=O)O)cccc32)nc1. The highest BCUT2D eigenvalue weighted by Gasteiger charge is 2.18. The molecule has 0 aliphatic rings. The van der Waals surface area contributed by atoms with Crippen LogP contribution in [0.3, 0.4) is 0 Å². The number of carbonyl (C=O) groups is 2. The summed E-state index contributed by atoms with van der Waals surface area (Å²) >= 11 is 0. The van der Waals surface area contributed by atoms with Crippen LogP contribution < -0.4 is 5.73 Å². The maximum Gasteiger partial charge on any atom is 0.336 e. The first kappa shape index (κ1) is 14.9. The van der Waals surface area contributed by atoms with Crippen LogP contribution in [0.25, 0.3) is 27.6 Å². The quantitative estimate of drug-likeness (QED) is 0.603. The van der Waals surface area contributed by atoms with Crippen molar-refractivity contribution in [3.8, 4) is 5.82 Å². The van der Waals surface area contributed by atoms with E-state index >= 15 is 0 Å². The fraction of sp³-hybridized carbons (Fsp3) is 0. The van der Waals surface area contributed by atoms with Crippen LogP contribution in [0.4, 0.5) is 0 Å². The minimum Gasteiger partial charge on any atom is -0.478 e. The molecule has 25 heavy (non-hydrogen) atoms. The summed E-state index contributed by atoms with van der Waals surface area (Å²) in [6.07, 6.45) is 1.42. The number of rotatable bonds is 3. The van der Waals surface area contributed by atoms with E-state index in [2.05, 4.69) is 4.98 Å². The van der Waals surface area contributed by atoms with Crippen molar-refractivity contribution in [1.82, 2.24) is 9.55 Å². The van der Waals surface area contributed by atoms with E-state index in [1.807, 2.05) is 34.9 Å². The molecule has 6 heteroatoms. The molecule has 2 aromatic carbocycles. The third kappa shape index (κ3) is 2.23. The average Bonchev–Trinajstić information content (AvgIpc) is 2.96. The van der Waals surface area contributed by atoms with Crippen molar-refractivity contribution < 1.29 is 14.7 Å². The average molecular weight is 331 g/mol. The molecule has 0 saturated carbocycles. The summed E-state index contributed by atoms with van der Waals surface area (Å²) in [7, 11) is 0. The molecule has 0 radical (unpaired) electrons. The van der Waals surface area contributed by atoms with Crippen LogP contribution in [0.15, 0.2) is 60.8 Å². The van der Waals surface area contributed by atoms with E-state index in [1.165, 1.54) is 6.20 Å². The van der Waals surface area contributed by atoms with Gasteiger partial charge in [0, 0.05) is 17.0 Å². The number of carboxylic acid groups (broad SMARTS) is 1. The normalized spacial score (nSPS) is 11.0. The van der Waals surface area contributed by atoms with Crippen molar-refractivity contribution in [3.05, 3.63) is 71.9 Å². The van der Waals surface area contributed by atoms with E-state index in [-0.39, 0.29) is 5.56 Å². The molecule has 122 valence electrons. The van der Waals surface area contributed by atoms with Crippen molar-refractivity contribution in [2.75, 3.05) is 0 Å². The molecule has 2 heterocycles. The van der Waals surface area contributed by atoms with Crippen LogP contribution >= 0.6 is 0 Å². The minimum atomic E-state index is -0.981. The van der Waals surface area contributed by atoms with Crippen LogP contribution in [0.2, 0.25) is 0 Å². The summed E-state index contributed by atoms with van der Waals surface area (Å²) in [5.41, 5.74) is 7.39. The summed E-state index contributed by atoms with van der Waals surface area (Å²) in [4.78, 5) is 27.2. The molecule has 0 saturated heterocycles. The van der Waals surface area contributed by atoms with E-state index in [9.17, 15) is 14.7 Å². The number of hydrogen-bond acceptors (Lipinski definition) is 3.